The Kier molecular flexibility index (Phi) is 5.22. The van der Waals surface area contributed by atoms with E-state index in [1.807, 2.05) is 39.0 Å². The molecule has 1 aromatic carbocycles. The Morgan fingerprint density at radius 3 is 2.83 bits per heavy atom. The third-order valence-corrected chi connectivity index (χ3v) is 4.91. The van der Waals surface area contributed by atoms with E-state index >= 15 is 0 Å². The molecule has 2 amide bonds. The molecule has 0 saturated carbocycles. The van der Waals surface area contributed by atoms with Crippen molar-refractivity contribution in [3.05, 3.63) is 53.9 Å². The summed E-state index contributed by atoms with van der Waals surface area (Å²) in [7, 11) is 0. The van der Waals surface area contributed by atoms with Crippen molar-refractivity contribution in [2.45, 2.75) is 33.3 Å². The van der Waals surface area contributed by atoms with Gasteiger partial charge in [-0.2, -0.15) is 0 Å². The standard InChI is InChI=1S/C22H22N4O4/c1-4-19(22(28)26-12-20(27)24-17-6-5-9-23-21(17)26)29-15-7-8-16(13(2)10-15)18-11-14(3)30-25-18/h5-11,19H,4,12H2,1-3H3,(H,24,27). The number of pyridine rings is 1. The summed E-state index contributed by atoms with van der Waals surface area (Å²) in [5.41, 5.74) is 3.15. The molecule has 1 aliphatic heterocycles. The summed E-state index contributed by atoms with van der Waals surface area (Å²) in [6.45, 7) is 5.57. The molecule has 0 spiro atoms. The lowest BCUT2D eigenvalue weighted by atomic mass is 10.1. The van der Waals surface area contributed by atoms with Crippen LogP contribution in [0.3, 0.4) is 0 Å². The second kappa shape index (κ2) is 7.98. The van der Waals surface area contributed by atoms with Gasteiger partial charge in [-0.15, -0.1) is 0 Å². The monoisotopic (exact) mass is 406 g/mol. The lowest BCUT2D eigenvalue weighted by Crippen LogP contribution is -2.48. The highest BCUT2D eigenvalue weighted by atomic mass is 16.5. The van der Waals surface area contributed by atoms with Crippen molar-refractivity contribution in [2.75, 3.05) is 16.8 Å². The van der Waals surface area contributed by atoms with Crippen LogP contribution >= 0.6 is 0 Å². The average Bonchev–Trinajstić information content (AvgIpc) is 3.16. The number of hydrogen-bond donors (Lipinski definition) is 1. The molecule has 0 fully saturated rings. The molecule has 8 heteroatoms. The fourth-order valence-corrected chi connectivity index (χ4v) is 3.44. The van der Waals surface area contributed by atoms with E-state index in [0.717, 1.165) is 22.6 Å². The van der Waals surface area contributed by atoms with Crippen molar-refractivity contribution in [2.24, 2.45) is 0 Å². The molecule has 4 rings (SSSR count). The van der Waals surface area contributed by atoms with E-state index in [4.69, 9.17) is 9.26 Å². The number of carbonyl (C=O) groups excluding carboxylic acids is 2. The second-order valence-corrected chi connectivity index (χ2v) is 7.16. The summed E-state index contributed by atoms with van der Waals surface area (Å²) in [6.07, 6.45) is 1.29. The largest absolute Gasteiger partial charge is 0.481 e. The van der Waals surface area contributed by atoms with Crippen LogP contribution in [0.15, 0.2) is 47.1 Å². The van der Waals surface area contributed by atoms with Gasteiger partial charge in [0.05, 0.1) is 5.69 Å². The van der Waals surface area contributed by atoms with Gasteiger partial charge in [0.25, 0.3) is 5.91 Å². The zero-order valence-corrected chi connectivity index (χ0v) is 17.0. The van der Waals surface area contributed by atoms with E-state index in [0.29, 0.717) is 23.7 Å². The zero-order valence-electron chi connectivity index (χ0n) is 17.0. The molecule has 0 saturated heterocycles. The number of hydrogen-bond acceptors (Lipinski definition) is 6. The highest BCUT2D eigenvalue weighted by molar-refractivity contribution is 6.10. The first-order chi connectivity index (χ1) is 14.5. The number of carbonyl (C=O) groups is 2. The minimum atomic E-state index is -0.745. The molecule has 0 bridgehead atoms. The molecule has 0 aliphatic carbocycles. The highest BCUT2D eigenvalue weighted by Crippen LogP contribution is 2.30. The predicted octanol–water partition coefficient (Wildman–Crippen LogP) is 3.50. The summed E-state index contributed by atoms with van der Waals surface area (Å²) in [6, 6.07) is 10.9. The van der Waals surface area contributed by atoms with Crippen molar-refractivity contribution in [3.8, 4) is 17.0 Å². The van der Waals surface area contributed by atoms with Crippen LogP contribution in [-0.2, 0) is 9.59 Å². The van der Waals surface area contributed by atoms with Crippen LogP contribution in [0.1, 0.15) is 24.7 Å². The molecule has 3 aromatic rings. The smallest absolute Gasteiger partial charge is 0.269 e. The van der Waals surface area contributed by atoms with Crippen LogP contribution in [0, 0.1) is 13.8 Å². The van der Waals surface area contributed by atoms with Crippen molar-refractivity contribution >= 4 is 23.3 Å². The number of amides is 2. The molecule has 1 atom stereocenters. The Labute approximate surface area is 173 Å². The Bertz CT molecular complexity index is 1110. The number of nitrogens with one attached hydrogen (secondary N) is 1. The molecule has 1 aliphatic rings. The highest BCUT2D eigenvalue weighted by Gasteiger charge is 2.33. The normalized spacial score (nSPS) is 14.1. The first-order valence-electron chi connectivity index (χ1n) is 9.73. The van der Waals surface area contributed by atoms with Gasteiger partial charge in [-0.05, 0) is 56.2 Å². The minimum absolute atomic E-state index is 0.0911. The third-order valence-electron chi connectivity index (χ3n) is 4.91. The molecular weight excluding hydrogens is 384 g/mol. The number of nitrogens with zero attached hydrogens (tertiary/aromatic N) is 3. The molecule has 8 nitrogen and oxygen atoms in total. The van der Waals surface area contributed by atoms with Gasteiger partial charge < -0.3 is 14.6 Å². The van der Waals surface area contributed by atoms with Crippen LogP contribution in [0.25, 0.3) is 11.3 Å². The average molecular weight is 406 g/mol. The number of anilines is 2. The molecule has 30 heavy (non-hydrogen) atoms. The van der Waals surface area contributed by atoms with Gasteiger partial charge in [0.2, 0.25) is 5.91 Å². The number of benzene rings is 1. The van der Waals surface area contributed by atoms with E-state index in [9.17, 15) is 9.59 Å². The minimum Gasteiger partial charge on any atom is -0.481 e. The Hall–Kier alpha value is -3.68. The number of aryl methyl sites for hydroxylation is 2. The maximum absolute atomic E-state index is 13.2. The first kappa shape index (κ1) is 19.6. The fraction of sp³-hybridized carbons (Fsp3) is 0.273. The zero-order chi connectivity index (χ0) is 21.3. The quantitative estimate of drug-likeness (QED) is 0.697. The van der Waals surface area contributed by atoms with Gasteiger partial charge in [-0.3, -0.25) is 14.5 Å². The van der Waals surface area contributed by atoms with Crippen LogP contribution in [0.4, 0.5) is 11.5 Å². The van der Waals surface area contributed by atoms with Crippen LogP contribution in [-0.4, -0.2) is 34.6 Å². The number of rotatable bonds is 5. The van der Waals surface area contributed by atoms with Crippen molar-refractivity contribution in [1.82, 2.24) is 10.1 Å². The Morgan fingerprint density at radius 1 is 1.30 bits per heavy atom. The lowest BCUT2D eigenvalue weighted by molar-refractivity contribution is -0.127. The topological polar surface area (TPSA) is 97.6 Å². The summed E-state index contributed by atoms with van der Waals surface area (Å²) in [5.74, 6) is 1.17. The van der Waals surface area contributed by atoms with E-state index < -0.39 is 6.10 Å². The van der Waals surface area contributed by atoms with Crippen molar-refractivity contribution in [3.63, 3.8) is 0 Å². The van der Waals surface area contributed by atoms with Crippen LogP contribution in [0.2, 0.25) is 0 Å². The van der Waals surface area contributed by atoms with Gasteiger partial charge in [0.1, 0.15) is 23.7 Å². The van der Waals surface area contributed by atoms with Crippen molar-refractivity contribution in [1.29, 1.82) is 0 Å². The fourth-order valence-electron chi connectivity index (χ4n) is 3.44. The Balaban J connectivity index is 1.56. The molecular formula is C22H22N4O4. The van der Waals surface area contributed by atoms with Gasteiger partial charge >= 0.3 is 0 Å². The summed E-state index contributed by atoms with van der Waals surface area (Å²) < 4.78 is 11.2. The number of aromatic nitrogens is 2. The second-order valence-electron chi connectivity index (χ2n) is 7.16. The molecule has 154 valence electrons. The predicted molar refractivity (Wildman–Crippen MR) is 111 cm³/mol. The Morgan fingerprint density at radius 2 is 2.13 bits per heavy atom. The van der Waals surface area contributed by atoms with Gasteiger partial charge in [0.15, 0.2) is 11.9 Å². The third kappa shape index (κ3) is 3.76. The number of ether oxygens (including phenoxy) is 1. The maximum Gasteiger partial charge on any atom is 0.269 e. The molecule has 1 unspecified atom stereocenters. The maximum atomic E-state index is 13.2. The van der Waals surface area contributed by atoms with Crippen molar-refractivity contribution < 1.29 is 18.8 Å². The van der Waals surface area contributed by atoms with E-state index in [-0.39, 0.29) is 18.4 Å². The molecule has 2 aromatic heterocycles. The van der Waals surface area contributed by atoms with Crippen LogP contribution < -0.4 is 15.0 Å². The molecule has 3 heterocycles. The molecule has 0 radical (unpaired) electrons. The number of fused-ring (bicyclic) bond motifs is 1. The van der Waals surface area contributed by atoms with E-state index in [2.05, 4.69) is 15.5 Å². The van der Waals surface area contributed by atoms with E-state index in [1.165, 1.54) is 4.90 Å². The lowest BCUT2D eigenvalue weighted by Gasteiger charge is -2.30. The SMILES string of the molecule is CCC(Oc1ccc(-c2cc(C)on2)c(C)c1)C(=O)N1CC(=O)Nc2cccnc21. The summed E-state index contributed by atoms with van der Waals surface area (Å²) in [5, 5.41) is 6.78. The van der Waals surface area contributed by atoms with Gasteiger partial charge in [0, 0.05) is 17.8 Å². The van der Waals surface area contributed by atoms with Crippen LogP contribution in [0.5, 0.6) is 5.75 Å². The molecule has 1 N–H and O–H groups in total. The van der Waals surface area contributed by atoms with E-state index in [1.54, 1.807) is 24.4 Å². The van der Waals surface area contributed by atoms with Gasteiger partial charge in [-0.1, -0.05) is 12.1 Å². The first-order valence-corrected chi connectivity index (χ1v) is 9.73. The summed E-state index contributed by atoms with van der Waals surface area (Å²) in [4.78, 5) is 30.9. The summed E-state index contributed by atoms with van der Waals surface area (Å²) >= 11 is 0. The van der Waals surface area contributed by atoms with Gasteiger partial charge in [-0.25, -0.2) is 4.98 Å².